The van der Waals surface area contributed by atoms with Gasteiger partial charge < -0.3 is 20.1 Å². The molecular weight excluding hydrogens is 248 g/mol. The lowest BCUT2D eigenvalue weighted by molar-refractivity contribution is -0.137. The van der Waals surface area contributed by atoms with Crippen LogP contribution in [0.2, 0.25) is 0 Å². The quantitative estimate of drug-likeness (QED) is 0.752. The van der Waals surface area contributed by atoms with Crippen LogP contribution >= 0.6 is 0 Å². The summed E-state index contributed by atoms with van der Waals surface area (Å²) < 4.78 is 5.27. The molecule has 0 spiro atoms. The minimum Gasteiger partial charge on any atom is -0.480 e. The summed E-state index contributed by atoms with van der Waals surface area (Å²) in [6.45, 7) is 2.47. The second-order valence-electron chi connectivity index (χ2n) is 5.46. The lowest BCUT2D eigenvalue weighted by atomic mass is 10.0. The van der Waals surface area contributed by atoms with Crippen LogP contribution in [-0.4, -0.2) is 54.9 Å². The van der Waals surface area contributed by atoms with Gasteiger partial charge in [0.05, 0.1) is 0 Å². The van der Waals surface area contributed by atoms with Crippen LogP contribution in [0.25, 0.3) is 0 Å². The summed E-state index contributed by atoms with van der Waals surface area (Å²) in [5.74, 6) is -0.0136. The normalized spacial score (nSPS) is 20.0. The Bertz CT molecular complexity index is 325. The van der Waals surface area contributed by atoms with E-state index in [-0.39, 0.29) is 12.6 Å². The number of nitrogens with one attached hydrogen (secondary N) is 1. The van der Waals surface area contributed by atoms with Gasteiger partial charge in [0.15, 0.2) is 0 Å². The second-order valence-corrected chi connectivity index (χ2v) is 5.46. The van der Waals surface area contributed by atoms with E-state index in [9.17, 15) is 9.59 Å². The average Bonchev–Trinajstić information content (AvgIpc) is 3.20. The molecule has 0 atom stereocenters. The van der Waals surface area contributed by atoms with Crippen molar-refractivity contribution in [1.82, 2.24) is 10.2 Å². The molecule has 0 aromatic carbocycles. The summed E-state index contributed by atoms with van der Waals surface area (Å²) >= 11 is 0. The van der Waals surface area contributed by atoms with E-state index in [1.54, 1.807) is 0 Å². The van der Waals surface area contributed by atoms with E-state index in [2.05, 4.69) is 5.32 Å². The van der Waals surface area contributed by atoms with E-state index >= 15 is 0 Å². The number of carboxylic acid groups (broad SMARTS) is 1. The Hall–Kier alpha value is -1.30. The third-order valence-electron chi connectivity index (χ3n) is 3.67. The zero-order valence-electron chi connectivity index (χ0n) is 11.1. The molecule has 1 aliphatic carbocycles. The fourth-order valence-corrected chi connectivity index (χ4v) is 2.29. The van der Waals surface area contributed by atoms with Crippen LogP contribution in [0.1, 0.15) is 25.7 Å². The third-order valence-corrected chi connectivity index (χ3v) is 3.67. The molecule has 6 heteroatoms. The largest absolute Gasteiger partial charge is 0.480 e. The van der Waals surface area contributed by atoms with E-state index in [1.807, 2.05) is 0 Å². The van der Waals surface area contributed by atoms with Crippen LogP contribution < -0.4 is 5.32 Å². The Morgan fingerprint density at radius 1 is 1.16 bits per heavy atom. The van der Waals surface area contributed by atoms with Gasteiger partial charge in [-0.15, -0.1) is 0 Å². The molecule has 2 amide bonds. The number of hydrogen-bond donors (Lipinski definition) is 2. The Labute approximate surface area is 113 Å². The molecule has 6 nitrogen and oxygen atoms in total. The first kappa shape index (κ1) is 14.1. The molecule has 0 aromatic heterocycles. The van der Waals surface area contributed by atoms with Gasteiger partial charge in [0.1, 0.15) is 6.54 Å². The zero-order valence-corrected chi connectivity index (χ0v) is 11.1. The number of nitrogens with zero attached hydrogens (tertiary/aromatic N) is 1. The maximum absolute atomic E-state index is 12.0. The summed E-state index contributed by atoms with van der Waals surface area (Å²) in [5.41, 5.74) is 0. The predicted octanol–water partition coefficient (Wildman–Crippen LogP) is 0.919. The highest BCUT2D eigenvalue weighted by atomic mass is 16.5. The minimum absolute atomic E-state index is 0.212. The molecule has 108 valence electrons. The first-order valence-electron chi connectivity index (χ1n) is 6.97. The number of rotatable bonds is 6. The third kappa shape index (κ3) is 5.06. The summed E-state index contributed by atoms with van der Waals surface area (Å²) in [6.07, 6.45) is 4.12. The summed E-state index contributed by atoms with van der Waals surface area (Å²) in [5, 5.41) is 11.7. The van der Waals surface area contributed by atoms with Gasteiger partial charge in [-0.05, 0) is 37.5 Å². The number of aliphatic carboxylic acids is 1. The SMILES string of the molecule is O=C(O)CN(CC1CC1)C(=O)NCC1CCOCC1. The number of carbonyl (C=O) groups is 2. The molecular formula is C13H22N2O4. The Morgan fingerprint density at radius 3 is 2.42 bits per heavy atom. The molecule has 19 heavy (non-hydrogen) atoms. The van der Waals surface area contributed by atoms with Crippen LogP contribution in [0.4, 0.5) is 4.79 Å². The van der Waals surface area contributed by atoms with Gasteiger partial charge in [-0.2, -0.15) is 0 Å². The number of ether oxygens (including phenoxy) is 1. The average molecular weight is 270 g/mol. The number of urea groups is 1. The maximum Gasteiger partial charge on any atom is 0.323 e. The molecule has 1 saturated carbocycles. The molecule has 2 aliphatic rings. The van der Waals surface area contributed by atoms with Gasteiger partial charge in [-0.25, -0.2) is 4.79 Å². The summed E-state index contributed by atoms with van der Waals surface area (Å²) in [4.78, 5) is 24.2. The van der Waals surface area contributed by atoms with Crippen molar-refractivity contribution in [2.24, 2.45) is 11.8 Å². The molecule has 2 rings (SSSR count). The van der Waals surface area contributed by atoms with Crippen molar-refractivity contribution in [1.29, 1.82) is 0 Å². The van der Waals surface area contributed by atoms with Crippen molar-refractivity contribution < 1.29 is 19.4 Å². The van der Waals surface area contributed by atoms with Gasteiger partial charge in [0.2, 0.25) is 0 Å². The molecule has 1 saturated heterocycles. The molecule has 0 radical (unpaired) electrons. The highest BCUT2D eigenvalue weighted by Crippen LogP contribution is 2.29. The minimum atomic E-state index is -0.957. The molecule has 0 aromatic rings. The van der Waals surface area contributed by atoms with Crippen LogP contribution in [0, 0.1) is 11.8 Å². The van der Waals surface area contributed by atoms with Crippen molar-refractivity contribution in [3.8, 4) is 0 Å². The Morgan fingerprint density at radius 2 is 1.84 bits per heavy atom. The van der Waals surface area contributed by atoms with Gasteiger partial charge in [-0.1, -0.05) is 0 Å². The molecule has 2 fully saturated rings. The van der Waals surface area contributed by atoms with Gasteiger partial charge in [0.25, 0.3) is 0 Å². The van der Waals surface area contributed by atoms with E-state index in [0.717, 1.165) is 38.9 Å². The monoisotopic (exact) mass is 270 g/mol. The first-order chi connectivity index (χ1) is 9.15. The fourth-order valence-electron chi connectivity index (χ4n) is 2.29. The first-order valence-corrected chi connectivity index (χ1v) is 6.97. The van der Waals surface area contributed by atoms with Crippen molar-refractivity contribution in [2.45, 2.75) is 25.7 Å². The van der Waals surface area contributed by atoms with Crippen molar-refractivity contribution in [3.63, 3.8) is 0 Å². The van der Waals surface area contributed by atoms with E-state index < -0.39 is 5.97 Å². The van der Waals surface area contributed by atoms with Gasteiger partial charge in [-0.3, -0.25) is 4.79 Å². The van der Waals surface area contributed by atoms with Gasteiger partial charge in [0, 0.05) is 26.3 Å². The molecule has 1 heterocycles. The van der Waals surface area contributed by atoms with Crippen molar-refractivity contribution >= 4 is 12.0 Å². The highest BCUT2D eigenvalue weighted by Gasteiger charge is 2.28. The van der Waals surface area contributed by atoms with Gasteiger partial charge >= 0.3 is 12.0 Å². The van der Waals surface area contributed by atoms with E-state index in [0.29, 0.717) is 24.9 Å². The smallest absolute Gasteiger partial charge is 0.323 e. The van der Waals surface area contributed by atoms with E-state index in [4.69, 9.17) is 9.84 Å². The standard InChI is InChI=1S/C13H22N2O4/c16-12(17)9-15(8-11-1-2-11)13(18)14-7-10-3-5-19-6-4-10/h10-11H,1-9H2,(H,14,18)(H,16,17). The maximum atomic E-state index is 12.0. The van der Waals surface area contributed by atoms with E-state index in [1.165, 1.54) is 4.90 Å². The number of carboxylic acids is 1. The molecule has 0 bridgehead atoms. The molecule has 2 N–H and O–H groups in total. The van der Waals surface area contributed by atoms with Crippen LogP contribution in [0.3, 0.4) is 0 Å². The second kappa shape index (κ2) is 6.75. The fraction of sp³-hybridized carbons (Fsp3) is 0.846. The van der Waals surface area contributed by atoms with Crippen molar-refractivity contribution in [2.75, 3.05) is 32.8 Å². The zero-order chi connectivity index (χ0) is 13.7. The number of amides is 2. The Kier molecular flexibility index (Phi) is 5.01. The summed E-state index contributed by atoms with van der Waals surface area (Å²) in [7, 11) is 0. The topological polar surface area (TPSA) is 78.9 Å². The molecule has 0 unspecified atom stereocenters. The van der Waals surface area contributed by atoms with Crippen LogP contribution in [0.15, 0.2) is 0 Å². The van der Waals surface area contributed by atoms with Crippen molar-refractivity contribution in [3.05, 3.63) is 0 Å². The lowest BCUT2D eigenvalue weighted by Gasteiger charge is -2.25. The number of hydrogen-bond acceptors (Lipinski definition) is 3. The highest BCUT2D eigenvalue weighted by molar-refractivity contribution is 5.80. The van der Waals surface area contributed by atoms with Crippen LogP contribution in [-0.2, 0) is 9.53 Å². The van der Waals surface area contributed by atoms with Crippen LogP contribution in [0.5, 0.6) is 0 Å². The predicted molar refractivity (Wildman–Crippen MR) is 68.9 cm³/mol. The molecule has 1 aliphatic heterocycles. The number of carbonyl (C=O) groups excluding carboxylic acids is 1. The summed E-state index contributed by atoms with van der Waals surface area (Å²) in [6, 6.07) is -0.249. The lowest BCUT2D eigenvalue weighted by Crippen LogP contribution is -2.45. The Balaban J connectivity index is 1.74.